The smallest absolute Gasteiger partial charge is 0.340 e. The van der Waals surface area contributed by atoms with Gasteiger partial charge in [0.15, 0.2) is 0 Å². The predicted octanol–water partition coefficient (Wildman–Crippen LogP) is 2.47. The Morgan fingerprint density at radius 3 is 2.58 bits per heavy atom. The van der Waals surface area contributed by atoms with Gasteiger partial charge in [-0.2, -0.15) is 0 Å². The van der Waals surface area contributed by atoms with E-state index < -0.39 is 11.8 Å². The Kier molecular flexibility index (Phi) is 3.66. The van der Waals surface area contributed by atoms with E-state index in [9.17, 15) is 9.18 Å². The molecule has 0 aliphatic rings. The Morgan fingerprint density at radius 2 is 1.89 bits per heavy atom. The van der Waals surface area contributed by atoms with Crippen LogP contribution in [0.25, 0.3) is 0 Å². The highest BCUT2D eigenvalue weighted by Crippen LogP contribution is 2.16. The maximum absolute atomic E-state index is 13.0. The van der Waals surface area contributed by atoms with Crippen LogP contribution in [0.1, 0.15) is 15.9 Å². The molecular weight excluding hydrogens is 249 g/mol. The number of carbonyl (C=O) groups excluding carboxylic acids is 1. The van der Waals surface area contributed by atoms with Crippen LogP contribution < -0.4 is 5.73 Å². The lowest BCUT2D eigenvalue weighted by Gasteiger charge is -2.07. The second kappa shape index (κ2) is 5.39. The van der Waals surface area contributed by atoms with Gasteiger partial charge in [0.25, 0.3) is 0 Å². The topological polar surface area (TPSA) is 72.6 Å². The van der Waals surface area contributed by atoms with Gasteiger partial charge in [-0.15, -0.1) is 0 Å². The summed E-state index contributed by atoms with van der Waals surface area (Å²) in [5.74, 6) is -1.11. The number of nitrogens with two attached hydrogens (primary N) is 1. The maximum atomic E-state index is 13.0. The number of nitrogen functional groups attached to an aromatic ring is 1. The van der Waals surface area contributed by atoms with Crippen molar-refractivity contribution in [2.24, 2.45) is 0 Å². The Hall–Kier alpha value is -2.56. The summed E-state index contributed by atoms with van der Waals surface area (Å²) in [6.07, 6.45) is 0. The van der Waals surface area contributed by atoms with Gasteiger partial charge < -0.3 is 15.6 Å². The van der Waals surface area contributed by atoms with E-state index in [0.717, 1.165) is 6.07 Å². The lowest BCUT2D eigenvalue weighted by Crippen LogP contribution is -2.08. The number of hydrogen-bond acceptors (Lipinski definition) is 4. The average Bonchev–Trinajstić information content (AvgIpc) is 2.40. The summed E-state index contributed by atoms with van der Waals surface area (Å²) < 4.78 is 18.0. The van der Waals surface area contributed by atoms with E-state index in [1.165, 1.54) is 24.3 Å². The molecule has 2 rings (SSSR count). The van der Waals surface area contributed by atoms with E-state index >= 15 is 0 Å². The van der Waals surface area contributed by atoms with Crippen LogP contribution in [0.4, 0.5) is 10.1 Å². The number of halogens is 1. The van der Waals surface area contributed by atoms with Gasteiger partial charge in [-0.25, -0.2) is 9.18 Å². The highest BCUT2D eigenvalue weighted by Gasteiger charge is 2.12. The number of hydrogen-bond donors (Lipinski definition) is 2. The van der Waals surface area contributed by atoms with E-state index in [1.54, 1.807) is 12.1 Å². The molecule has 3 N–H and O–H groups in total. The highest BCUT2D eigenvalue weighted by molar-refractivity contribution is 5.95. The second-order valence-electron chi connectivity index (χ2n) is 3.97. The molecule has 0 unspecified atom stereocenters. The van der Waals surface area contributed by atoms with Crippen molar-refractivity contribution in [2.75, 3.05) is 5.73 Å². The fourth-order valence-corrected chi connectivity index (χ4v) is 1.52. The van der Waals surface area contributed by atoms with Gasteiger partial charge in [-0.05, 0) is 35.9 Å². The first-order chi connectivity index (χ1) is 9.06. The Morgan fingerprint density at radius 1 is 1.21 bits per heavy atom. The molecule has 0 spiro atoms. The Bertz CT molecular complexity index is 596. The third kappa shape index (κ3) is 3.22. The minimum Gasteiger partial charge on any atom is -0.508 e. The van der Waals surface area contributed by atoms with Crippen LogP contribution in [0.2, 0.25) is 0 Å². The number of phenolic OH excluding ortho intramolecular Hbond substituents is 1. The fraction of sp³-hybridized carbons (Fsp3) is 0.0714. The quantitative estimate of drug-likeness (QED) is 0.657. The molecule has 0 radical (unpaired) electrons. The summed E-state index contributed by atoms with van der Waals surface area (Å²) >= 11 is 0. The minimum absolute atomic E-state index is 0.00113. The molecule has 0 aromatic heterocycles. The molecule has 2 aromatic rings. The number of carbonyl (C=O) groups is 1. The van der Waals surface area contributed by atoms with Gasteiger partial charge in [0.1, 0.15) is 18.2 Å². The van der Waals surface area contributed by atoms with E-state index in [4.69, 9.17) is 15.6 Å². The fourth-order valence-electron chi connectivity index (χ4n) is 1.52. The minimum atomic E-state index is -0.690. The summed E-state index contributed by atoms with van der Waals surface area (Å²) in [6, 6.07) is 9.74. The zero-order valence-corrected chi connectivity index (χ0v) is 9.97. The molecule has 0 saturated heterocycles. The third-order valence-corrected chi connectivity index (χ3v) is 2.54. The van der Waals surface area contributed by atoms with Crippen LogP contribution in [0.15, 0.2) is 42.5 Å². The van der Waals surface area contributed by atoms with Crippen LogP contribution in [-0.4, -0.2) is 11.1 Å². The van der Waals surface area contributed by atoms with Gasteiger partial charge in [0, 0.05) is 5.69 Å². The number of esters is 1. The first-order valence-electron chi connectivity index (χ1n) is 5.56. The van der Waals surface area contributed by atoms with Gasteiger partial charge >= 0.3 is 5.97 Å². The van der Waals surface area contributed by atoms with Crippen molar-refractivity contribution in [3.05, 3.63) is 59.4 Å². The van der Waals surface area contributed by atoms with Crippen LogP contribution in [0.3, 0.4) is 0 Å². The molecule has 5 heteroatoms. The Labute approximate surface area is 109 Å². The number of phenols is 1. The summed E-state index contributed by atoms with van der Waals surface area (Å²) in [7, 11) is 0. The van der Waals surface area contributed by atoms with Crippen molar-refractivity contribution in [1.29, 1.82) is 0 Å². The SMILES string of the molecule is Nc1ccc(F)cc1C(=O)OCc1ccc(O)cc1. The van der Waals surface area contributed by atoms with E-state index in [2.05, 4.69) is 0 Å². The monoisotopic (exact) mass is 261 g/mol. The largest absolute Gasteiger partial charge is 0.508 e. The summed E-state index contributed by atoms with van der Waals surface area (Å²) in [5, 5.41) is 9.11. The van der Waals surface area contributed by atoms with E-state index in [0.29, 0.717) is 5.56 Å². The molecular formula is C14H12FNO3. The van der Waals surface area contributed by atoms with Crippen molar-refractivity contribution in [1.82, 2.24) is 0 Å². The zero-order chi connectivity index (χ0) is 13.8. The summed E-state index contributed by atoms with van der Waals surface area (Å²) in [6.45, 7) is 0.0229. The van der Waals surface area contributed by atoms with Crippen molar-refractivity contribution in [3.63, 3.8) is 0 Å². The maximum Gasteiger partial charge on any atom is 0.340 e. The normalized spacial score (nSPS) is 10.2. The summed E-state index contributed by atoms with van der Waals surface area (Å²) in [5.41, 5.74) is 6.45. The molecule has 0 heterocycles. The Balaban J connectivity index is 2.05. The molecule has 0 atom stereocenters. The molecule has 0 fully saturated rings. The standard InChI is InChI=1S/C14H12FNO3/c15-10-3-6-13(16)12(7-10)14(18)19-8-9-1-4-11(17)5-2-9/h1-7,17H,8,16H2. The van der Waals surface area contributed by atoms with Crippen molar-refractivity contribution in [2.45, 2.75) is 6.61 Å². The molecule has 0 aliphatic heterocycles. The van der Waals surface area contributed by atoms with E-state index in [-0.39, 0.29) is 23.6 Å². The highest BCUT2D eigenvalue weighted by atomic mass is 19.1. The summed E-state index contributed by atoms with van der Waals surface area (Å²) in [4.78, 5) is 11.7. The molecule has 0 saturated carbocycles. The van der Waals surface area contributed by atoms with Crippen molar-refractivity contribution >= 4 is 11.7 Å². The predicted molar refractivity (Wildman–Crippen MR) is 68.0 cm³/mol. The lowest BCUT2D eigenvalue weighted by molar-refractivity contribution is 0.0473. The molecule has 98 valence electrons. The molecule has 0 aliphatic carbocycles. The lowest BCUT2D eigenvalue weighted by atomic mass is 10.2. The number of benzene rings is 2. The first kappa shape index (κ1) is 12.9. The molecule has 4 nitrogen and oxygen atoms in total. The van der Waals surface area contributed by atoms with Crippen LogP contribution in [-0.2, 0) is 11.3 Å². The number of aromatic hydroxyl groups is 1. The van der Waals surface area contributed by atoms with E-state index in [1.807, 2.05) is 0 Å². The molecule has 2 aromatic carbocycles. The number of rotatable bonds is 3. The second-order valence-corrected chi connectivity index (χ2v) is 3.97. The average molecular weight is 261 g/mol. The van der Waals surface area contributed by atoms with Gasteiger partial charge in [0.05, 0.1) is 5.56 Å². The van der Waals surface area contributed by atoms with Crippen molar-refractivity contribution in [3.8, 4) is 5.75 Å². The molecule has 19 heavy (non-hydrogen) atoms. The number of anilines is 1. The third-order valence-electron chi connectivity index (χ3n) is 2.54. The van der Waals surface area contributed by atoms with Gasteiger partial charge in [-0.1, -0.05) is 12.1 Å². The van der Waals surface area contributed by atoms with Crippen molar-refractivity contribution < 1.29 is 19.0 Å². The van der Waals surface area contributed by atoms with Gasteiger partial charge in [-0.3, -0.25) is 0 Å². The van der Waals surface area contributed by atoms with Gasteiger partial charge in [0.2, 0.25) is 0 Å². The molecule has 0 bridgehead atoms. The van der Waals surface area contributed by atoms with Crippen LogP contribution in [0, 0.1) is 5.82 Å². The molecule has 0 amide bonds. The first-order valence-corrected chi connectivity index (χ1v) is 5.56. The van der Waals surface area contributed by atoms with Crippen LogP contribution in [0.5, 0.6) is 5.75 Å². The zero-order valence-electron chi connectivity index (χ0n) is 9.97. The van der Waals surface area contributed by atoms with Crippen LogP contribution >= 0.6 is 0 Å². The number of ether oxygens (including phenoxy) is 1.